The van der Waals surface area contributed by atoms with Crippen LogP contribution in [0.3, 0.4) is 0 Å². The van der Waals surface area contributed by atoms with Crippen molar-refractivity contribution in [2.45, 2.75) is 6.54 Å². The van der Waals surface area contributed by atoms with E-state index in [9.17, 15) is 14.9 Å². The first-order chi connectivity index (χ1) is 18.0. The number of amides is 1. The molecule has 0 fully saturated rings. The van der Waals surface area contributed by atoms with Crippen LogP contribution in [-0.4, -0.2) is 10.5 Å². The summed E-state index contributed by atoms with van der Waals surface area (Å²) in [6.07, 6.45) is 3.10. The van der Waals surface area contributed by atoms with Crippen molar-refractivity contribution < 1.29 is 13.6 Å². The van der Waals surface area contributed by atoms with Crippen molar-refractivity contribution in [2.75, 3.05) is 0 Å². The molecule has 0 aliphatic rings. The minimum Gasteiger partial charge on any atom is -0.467 e. The van der Waals surface area contributed by atoms with Crippen LogP contribution in [0.15, 0.2) is 98.8 Å². The number of nitrogens with one attached hydrogen (secondary N) is 1. The summed E-state index contributed by atoms with van der Waals surface area (Å²) in [5, 5.41) is 13.2. The second kappa shape index (κ2) is 10.6. The molecule has 182 valence electrons. The quantitative estimate of drug-likeness (QED) is 0.356. The van der Waals surface area contributed by atoms with Crippen molar-refractivity contribution in [3.8, 4) is 23.1 Å². The third-order valence-corrected chi connectivity index (χ3v) is 6.77. The lowest BCUT2D eigenvalue weighted by atomic mass is 10.2. The van der Waals surface area contributed by atoms with Crippen molar-refractivity contribution in [1.82, 2.24) is 9.88 Å². The molecule has 5 aromatic rings. The van der Waals surface area contributed by atoms with Crippen molar-refractivity contribution in [3.63, 3.8) is 0 Å². The van der Waals surface area contributed by atoms with Crippen molar-refractivity contribution in [1.29, 1.82) is 5.26 Å². The summed E-state index contributed by atoms with van der Waals surface area (Å²) in [6.45, 7) is 0.108. The number of halogens is 1. The maximum atomic E-state index is 13.5. The summed E-state index contributed by atoms with van der Waals surface area (Å²) in [7, 11) is 0. The first kappa shape index (κ1) is 24.1. The number of carbonyl (C=O) groups is 1. The molecule has 0 radical (unpaired) electrons. The molecule has 0 bridgehead atoms. The summed E-state index contributed by atoms with van der Waals surface area (Å²) in [5.41, 5.74) is 0.818. The molecule has 0 aliphatic heterocycles. The topological polar surface area (TPSA) is 101 Å². The second-order valence-corrected chi connectivity index (χ2v) is 9.32. The lowest BCUT2D eigenvalue weighted by molar-refractivity contribution is -0.115. The number of nitriles is 1. The SMILES string of the molecule is N#C/C(C(=O)NCc1ccco1)=c1/s/c(=C\c2ccc(-c3ccc(Cl)cc3)o2)c(=O)n1-c1ccccc1. The Bertz CT molecular complexity index is 1770. The number of hydrogen-bond acceptors (Lipinski definition) is 6. The fourth-order valence-corrected chi connectivity index (χ4v) is 4.86. The van der Waals surface area contributed by atoms with Crippen molar-refractivity contribution >= 4 is 40.5 Å². The Morgan fingerprint density at radius 3 is 2.54 bits per heavy atom. The zero-order valence-electron chi connectivity index (χ0n) is 19.2. The summed E-state index contributed by atoms with van der Waals surface area (Å²) in [5.74, 6) is 1.00. The molecule has 3 aromatic heterocycles. The van der Waals surface area contributed by atoms with Crippen LogP contribution in [0.25, 0.3) is 28.7 Å². The van der Waals surface area contributed by atoms with Crippen LogP contribution in [0.1, 0.15) is 11.5 Å². The molecule has 0 atom stereocenters. The normalized spacial score (nSPS) is 12.3. The molecule has 0 saturated carbocycles. The zero-order chi connectivity index (χ0) is 25.8. The summed E-state index contributed by atoms with van der Waals surface area (Å²) in [6, 6.07) is 25.0. The highest BCUT2D eigenvalue weighted by Crippen LogP contribution is 2.24. The van der Waals surface area contributed by atoms with E-state index in [-0.39, 0.29) is 22.3 Å². The number of nitrogens with zero attached hydrogens (tertiary/aromatic N) is 2. The lowest BCUT2D eigenvalue weighted by Crippen LogP contribution is -2.33. The van der Waals surface area contributed by atoms with Crippen LogP contribution in [0.5, 0.6) is 0 Å². The average Bonchev–Trinajstić information content (AvgIpc) is 3.66. The van der Waals surface area contributed by atoms with Crippen LogP contribution in [0, 0.1) is 11.3 Å². The standard InChI is InChI=1S/C28H18ClN3O4S/c29-19-10-8-18(9-11-19)24-13-12-21(36-24)15-25-27(34)32(20-5-2-1-3-6-20)28(37-25)23(16-30)26(33)31-17-22-7-4-14-35-22/h1-15H,17H2,(H,31,33)/b25-15-,28-23-. The first-order valence-corrected chi connectivity index (χ1v) is 12.3. The smallest absolute Gasteiger partial charge is 0.273 e. The zero-order valence-corrected chi connectivity index (χ0v) is 20.8. The summed E-state index contributed by atoms with van der Waals surface area (Å²) in [4.78, 5) is 26.5. The van der Waals surface area contributed by atoms with Gasteiger partial charge in [-0.3, -0.25) is 14.2 Å². The van der Waals surface area contributed by atoms with E-state index >= 15 is 0 Å². The number of para-hydroxylation sites is 1. The Labute approximate surface area is 219 Å². The highest BCUT2D eigenvalue weighted by Gasteiger charge is 2.17. The van der Waals surface area contributed by atoms with Gasteiger partial charge in [0.05, 0.1) is 23.0 Å². The Balaban J connectivity index is 1.61. The number of aromatic nitrogens is 1. The van der Waals surface area contributed by atoms with Gasteiger partial charge in [-0.25, -0.2) is 0 Å². The fraction of sp³-hybridized carbons (Fsp3) is 0.0357. The number of thiazole rings is 1. The van der Waals surface area contributed by atoms with E-state index in [2.05, 4.69) is 5.32 Å². The Kier molecular flexibility index (Phi) is 6.90. The highest BCUT2D eigenvalue weighted by molar-refractivity contribution is 7.07. The Morgan fingerprint density at radius 1 is 1.05 bits per heavy atom. The maximum Gasteiger partial charge on any atom is 0.273 e. The molecule has 0 saturated heterocycles. The molecule has 5 rings (SSSR count). The van der Waals surface area contributed by atoms with Gasteiger partial charge in [-0.05, 0) is 60.7 Å². The number of furan rings is 2. The monoisotopic (exact) mass is 527 g/mol. The molecule has 3 heterocycles. The molecule has 37 heavy (non-hydrogen) atoms. The molecule has 7 nitrogen and oxygen atoms in total. The van der Waals surface area contributed by atoms with Gasteiger partial charge in [-0.15, -0.1) is 11.3 Å². The highest BCUT2D eigenvalue weighted by atomic mass is 35.5. The van der Waals surface area contributed by atoms with Gasteiger partial charge >= 0.3 is 0 Å². The van der Waals surface area contributed by atoms with E-state index in [1.165, 1.54) is 10.8 Å². The van der Waals surface area contributed by atoms with E-state index in [0.29, 0.717) is 32.5 Å². The third kappa shape index (κ3) is 5.19. The van der Waals surface area contributed by atoms with Crippen molar-refractivity contribution in [3.05, 3.63) is 121 Å². The van der Waals surface area contributed by atoms with Gasteiger partial charge in [0.1, 0.15) is 28.0 Å². The molecular weight excluding hydrogens is 510 g/mol. The van der Waals surface area contributed by atoms with Gasteiger partial charge in [0.2, 0.25) is 0 Å². The minimum absolute atomic E-state index is 0.108. The molecule has 0 aliphatic carbocycles. The van der Waals surface area contributed by atoms with Gasteiger partial charge < -0.3 is 14.2 Å². The number of hydrogen-bond donors (Lipinski definition) is 1. The van der Waals surface area contributed by atoms with Crippen LogP contribution in [-0.2, 0) is 11.3 Å². The maximum absolute atomic E-state index is 13.5. The minimum atomic E-state index is -0.612. The third-order valence-electron chi connectivity index (χ3n) is 5.42. The van der Waals surface area contributed by atoms with Gasteiger partial charge in [0.15, 0.2) is 5.57 Å². The summed E-state index contributed by atoms with van der Waals surface area (Å²) < 4.78 is 13.1. The molecule has 9 heteroatoms. The number of benzene rings is 2. The van der Waals surface area contributed by atoms with E-state index in [4.69, 9.17) is 20.4 Å². The van der Waals surface area contributed by atoms with Gasteiger partial charge in [-0.1, -0.05) is 29.8 Å². The fourth-order valence-electron chi connectivity index (χ4n) is 3.66. The van der Waals surface area contributed by atoms with Crippen LogP contribution < -0.4 is 20.1 Å². The van der Waals surface area contributed by atoms with E-state index in [1.54, 1.807) is 66.7 Å². The first-order valence-electron chi connectivity index (χ1n) is 11.1. The van der Waals surface area contributed by atoms with Crippen molar-refractivity contribution in [2.24, 2.45) is 0 Å². The van der Waals surface area contributed by atoms with Crippen LogP contribution in [0.4, 0.5) is 0 Å². The van der Waals surface area contributed by atoms with E-state index in [0.717, 1.165) is 16.9 Å². The average molecular weight is 528 g/mol. The summed E-state index contributed by atoms with van der Waals surface area (Å²) >= 11 is 7.01. The lowest BCUT2D eigenvalue weighted by Gasteiger charge is -2.04. The van der Waals surface area contributed by atoms with Crippen LogP contribution in [0.2, 0.25) is 5.02 Å². The van der Waals surface area contributed by atoms with E-state index < -0.39 is 5.91 Å². The number of rotatable bonds is 6. The largest absolute Gasteiger partial charge is 0.467 e. The number of carbonyl (C=O) groups excluding carboxylic acids is 1. The van der Waals surface area contributed by atoms with Gasteiger partial charge in [0, 0.05) is 16.7 Å². The molecule has 0 spiro atoms. The predicted octanol–water partition coefficient (Wildman–Crippen LogP) is 4.22. The Hall–Kier alpha value is -4.58. The Morgan fingerprint density at radius 2 is 1.84 bits per heavy atom. The molecule has 1 amide bonds. The molecule has 2 aromatic carbocycles. The molecule has 1 N–H and O–H groups in total. The molecule has 0 unspecified atom stereocenters. The van der Waals surface area contributed by atoms with Crippen LogP contribution >= 0.6 is 22.9 Å². The predicted molar refractivity (Wildman–Crippen MR) is 141 cm³/mol. The second-order valence-electron chi connectivity index (χ2n) is 7.85. The van der Waals surface area contributed by atoms with E-state index in [1.807, 2.05) is 24.3 Å². The van der Waals surface area contributed by atoms with Gasteiger partial charge in [-0.2, -0.15) is 5.26 Å². The van der Waals surface area contributed by atoms with Gasteiger partial charge in [0.25, 0.3) is 11.5 Å². The molecular formula is C28H18ClN3O4S.